The number of benzene rings is 1. The summed E-state index contributed by atoms with van der Waals surface area (Å²) in [7, 11) is -3.50. The first kappa shape index (κ1) is 29.4. The highest BCUT2D eigenvalue weighted by atomic mass is 32.2. The zero-order valence-corrected chi connectivity index (χ0v) is 25.8. The van der Waals surface area contributed by atoms with Gasteiger partial charge < -0.3 is 14.9 Å². The molecule has 2 aliphatic rings. The van der Waals surface area contributed by atoms with E-state index in [-0.39, 0.29) is 31.1 Å². The van der Waals surface area contributed by atoms with Crippen LogP contribution in [0.15, 0.2) is 36.5 Å². The number of aliphatic hydroxyl groups is 1. The van der Waals surface area contributed by atoms with Crippen LogP contribution in [0.25, 0.3) is 22.2 Å². The number of sulfonamides is 1. The van der Waals surface area contributed by atoms with E-state index in [2.05, 4.69) is 11.1 Å². The lowest BCUT2D eigenvalue weighted by Crippen LogP contribution is -2.56. The average Bonchev–Trinajstić information content (AvgIpc) is 3.76. The molecule has 0 bridgehead atoms. The third kappa shape index (κ3) is 5.68. The van der Waals surface area contributed by atoms with Gasteiger partial charge in [0.05, 0.1) is 24.6 Å². The molecular weight excluding hydrogens is 590 g/mol. The lowest BCUT2D eigenvalue weighted by atomic mass is 10.1. The number of piperazine rings is 1. The van der Waals surface area contributed by atoms with Crippen LogP contribution in [0.4, 0.5) is 20.9 Å². The number of anilines is 3. The Kier molecular flexibility index (Phi) is 7.80. The molecule has 1 atom stereocenters. The third-order valence-corrected chi connectivity index (χ3v) is 10.3. The Labute approximate surface area is 254 Å². The van der Waals surface area contributed by atoms with Crippen molar-refractivity contribution in [1.82, 2.24) is 19.3 Å². The van der Waals surface area contributed by atoms with Crippen LogP contribution >= 0.6 is 11.3 Å². The first-order valence-electron chi connectivity index (χ1n) is 14.2. The summed E-state index contributed by atoms with van der Waals surface area (Å²) in [6, 6.07) is 10.7. The van der Waals surface area contributed by atoms with Crippen molar-refractivity contribution in [2.24, 2.45) is 0 Å². The van der Waals surface area contributed by atoms with Crippen molar-refractivity contribution < 1.29 is 17.9 Å². The van der Waals surface area contributed by atoms with Crippen molar-refractivity contribution in [3.8, 4) is 17.3 Å². The summed E-state index contributed by atoms with van der Waals surface area (Å²) in [5.74, 6) is -0.197. The SMILES string of the molecule is CCN(c1nc(-c2ccc(C)nc2)c(C#N)s1)c1cc(C2CC2)nc2c(F)cc(N3CCN(S(C)(=O)=O)[C@H](CO)C3)cc12. The summed E-state index contributed by atoms with van der Waals surface area (Å²) in [6.07, 6.45) is 4.84. The molecule has 43 heavy (non-hydrogen) atoms. The van der Waals surface area contributed by atoms with E-state index in [1.165, 1.54) is 21.7 Å². The van der Waals surface area contributed by atoms with E-state index in [0.717, 1.165) is 41.7 Å². The zero-order chi connectivity index (χ0) is 30.5. The number of hydrogen-bond donors (Lipinski definition) is 1. The lowest BCUT2D eigenvalue weighted by molar-refractivity contribution is 0.176. The number of rotatable bonds is 8. The van der Waals surface area contributed by atoms with Crippen LogP contribution in [0.3, 0.4) is 0 Å². The Bertz CT molecular complexity index is 1840. The van der Waals surface area contributed by atoms with Crippen LogP contribution in [-0.4, -0.2) is 77.9 Å². The molecule has 0 amide bonds. The first-order valence-corrected chi connectivity index (χ1v) is 16.9. The molecule has 1 aliphatic heterocycles. The van der Waals surface area contributed by atoms with Gasteiger partial charge in [0.1, 0.15) is 22.2 Å². The topological polar surface area (TPSA) is 127 Å². The maximum absolute atomic E-state index is 15.9. The fourth-order valence-electron chi connectivity index (χ4n) is 5.64. The van der Waals surface area contributed by atoms with Crippen LogP contribution < -0.4 is 9.80 Å². The van der Waals surface area contributed by atoms with Gasteiger partial charge in [0.2, 0.25) is 10.0 Å². The summed E-state index contributed by atoms with van der Waals surface area (Å²) >= 11 is 1.28. The number of pyridine rings is 2. The Morgan fingerprint density at radius 2 is 2.00 bits per heavy atom. The Morgan fingerprint density at radius 1 is 1.21 bits per heavy atom. The monoisotopic (exact) mass is 621 g/mol. The number of aryl methyl sites for hydroxylation is 1. The molecule has 4 heterocycles. The Morgan fingerprint density at radius 3 is 2.63 bits per heavy atom. The van der Waals surface area contributed by atoms with Gasteiger partial charge >= 0.3 is 0 Å². The molecule has 1 aromatic carbocycles. The molecule has 0 radical (unpaired) electrons. The summed E-state index contributed by atoms with van der Waals surface area (Å²) < 4.78 is 41.7. The molecule has 1 saturated heterocycles. The quantitative estimate of drug-likeness (QED) is 0.302. The molecule has 3 aromatic heterocycles. The molecule has 1 aliphatic carbocycles. The third-order valence-electron chi connectivity index (χ3n) is 8.02. The lowest BCUT2D eigenvalue weighted by Gasteiger charge is -2.40. The molecule has 10 nitrogen and oxygen atoms in total. The highest BCUT2D eigenvalue weighted by molar-refractivity contribution is 7.88. The van der Waals surface area contributed by atoms with Crippen LogP contribution in [0, 0.1) is 24.1 Å². The van der Waals surface area contributed by atoms with Gasteiger partial charge in [-0.3, -0.25) is 4.98 Å². The van der Waals surface area contributed by atoms with E-state index in [0.29, 0.717) is 39.9 Å². The van der Waals surface area contributed by atoms with Gasteiger partial charge in [-0.1, -0.05) is 11.3 Å². The predicted octanol–water partition coefficient (Wildman–Crippen LogP) is 4.55. The molecule has 6 rings (SSSR count). The molecule has 1 N–H and O–H groups in total. The van der Waals surface area contributed by atoms with E-state index < -0.39 is 21.9 Å². The fourth-order valence-corrected chi connectivity index (χ4v) is 7.69. The number of nitrogens with zero attached hydrogens (tertiary/aromatic N) is 7. The number of nitriles is 1. The minimum absolute atomic E-state index is 0.184. The predicted molar refractivity (Wildman–Crippen MR) is 166 cm³/mol. The van der Waals surface area contributed by atoms with Gasteiger partial charge in [0.25, 0.3) is 0 Å². The van der Waals surface area contributed by atoms with Crippen molar-refractivity contribution >= 4 is 48.8 Å². The Hall–Kier alpha value is -3.70. The number of halogens is 1. The standard InChI is InChI=1S/C30H32FN7O3S2/c1-4-37(30-35-28(27(14-32)42-30)20-6-5-18(2)33-15-20)26-13-25(19-7-8-19)34-29-23(26)11-21(12-24(29)31)36-9-10-38(43(3,40)41)22(16-36)17-39/h5-6,11-13,15,19,22,39H,4,7-10,16-17H2,1-3H3/t22-/m0/s1. The maximum atomic E-state index is 15.9. The highest BCUT2D eigenvalue weighted by Crippen LogP contribution is 2.45. The number of fused-ring (bicyclic) bond motifs is 1. The van der Waals surface area contributed by atoms with E-state index in [4.69, 9.17) is 9.97 Å². The van der Waals surface area contributed by atoms with Gasteiger partial charge in [0.15, 0.2) is 10.9 Å². The highest BCUT2D eigenvalue weighted by Gasteiger charge is 2.34. The number of aromatic nitrogens is 3. The first-order chi connectivity index (χ1) is 20.6. The van der Waals surface area contributed by atoms with Gasteiger partial charge in [-0.05, 0) is 57.0 Å². The van der Waals surface area contributed by atoms with Gasteiger partial charge in [-0.25, -0.2) is 22.8 Å². The van der Waals surface area contributed by atoms with Gasteiger partial charge in [-0.15, -0.1) is 0 Å². The molecule has 4 aromatic rings. The zero-order valence-electron chi connectivity index (χ0n) is 24.2. The molecular formula is C30H32FN7O3S2. The van der Waals surface area contributed by atoms with Crippen molar-refractivity contribution in [3.05, 3.63) is 58.6 Å². The van der Waals surface area contributed by atoms with Crippen LogP contribution in [-0.2, 0) is 10.0 Å². The minimum atomic E-state index is -3.50. The summed E-state index contributed by atoms with van der Waals surface area (Å²) in [5, 5.41) is 21.1. The summed E-state index contributed by atoms with van der Waals surface area (Å²) in [6.45, 7) is 4.81. The molecule has 0 unspecified atom stereocenters. The molecule has 0 spiro atoms. The van der Waals surface area contributed by atoms with Crippen LogP contribution in [0.1, 0.15) is 41.9 Å². The average molecular weight is 622 g/mol. The number of thiazole rings is 1. The molecule has 2 fully saturated rings. The van der Waals surface area contributed by atoms with E-state index in [9.17, 15) is 18.8 Å². The Balaban J connectivity index is 1.46. The molecule has 224 valence electrons. The number of aliphatic hydroxyl groups excluding tert-OH is 1. The molecule has 1 saturated carbocycles. The van der Waals surface area contributed by atoms with Crippen molar-refractivity contribution in [3.63, 3.8) is 0 Å². The van der Waals surface area contributed by atoms with Gasteiger partial charge in [-0.2, -0.15) is 9.57 Å². The van der Waals surface area contributed by atoms with Gasteiger partial charge in [0, 0.05) is 66.3 Å². The van der Waals surface area contributed by atoms with Crippen molar-refractivity contribution in [1.29, 1.82) is 5.26 Å². The van der Waals surface area contributed by atoms with E-state index in [1.54, 1.807) is 6.20 Å². The fraction of sp³-hybridized carbons (Fsp3) is 0.400. The normalized spacial score (nSPS) is 17.8. The van der Waals surface area contributed by atoms with Crippen molar-refractivity contribution in [2.75, 3.05) is 48.8 Å². The van der Waals surface area contributed by atoms with Crippen LogP contribution in [0.5, 0.6) is 0 Å². The largest absolute Gasteiger partial charge is 0.395 e. The van der Waals surface area contributed by atoms with E-state index in [1.807, 2.05) is 47.9 Å². The second-order valence-electron chi connectivity index (χ2n) is 11.0. The summed E-state index contributed by atoms with van der Waals surface area (Å²) in [4.78, 5) is 18.3. The maximum Gasteiger partial charge on any atom is 0.211 e. The van der Waals surface area contributed by atoms with Crippen LogP contribution in [0.2, 0.25) is 0 Å². The smallest absolute Gasteiger partial charge is 0.211 e. The summed E-state index contributed by atoms with van der Waals surface area (Å²) in [5.41, 5.74) is 4.59. The van der Waals surface area contributed by atoms with E-state index >= 15 is 4.39 Å². The minimum Gasteiger partial charge on any atom is -0.395 e. The second kappa shape index (κ2) is 11.4. The second-order valence-corrected chi connectivity index (χ2v) is 14.0. The number of hydrogen-bond acceptors (Lipinski definition) is 10. The van der Waals surface area contributed by atoms with Crippen molar-refractivity contribution in [2.45, 2.75) is 38.6 Å². The molecule has 13 heteroatoms.